The van der Waals surface area contributed by atoms with E-state index in [0.29, 0.717) is 0 Å². The van der Waals surface area contributed by atoms with Crippen LogP contribution in [0.5, 0.6) is 0 Å². The zero-order valence-electron chi connectivity index (χ0n) is 3.17. The number of hydrogen-bond acceptors (Lipinski definition) is 3. The van der Waals surface area contributed by atoms with Gasteiger partial charge >= 0.3 is 9.15 Å². The fraction of sp³-hybridized carbons (Fsp3) is 1.00. The Labute approximate surface area is 44.1 Å². The molecule has 0 spiro atoms. The summed E-state index contributed by atoms with van der Waals surface area (Å²) >= 11 is 0. The fourth-order valence-corrected chi connectivity index (χ4v) is 0.507. The van der Waals surface area contributed by atoms with Crippen molar-refractivity contribution in [1.82, 2.24) is 0 Å². The lowest BCUT2D eigenvalue weighted by molar-refractivity contribution is 0.502. The van der Waals surface area contributed by atoms with Gasteiger partial charge in [0.1, 0.15) is 0 Å². The molecule has 0 aromatic rings. The predicted octanol–water partition coefficient (Wildman–Crippen LogP) is 0.449. The first-order valence-corrected chi connectivity index (χ1v) is 4.18. The van der Waals surface area contributed by atoms with Crippen LogP contribution in [0.25, 0.3) is 0 Å². The average molecular weight is 146 g/mol. The molecule has 0 fully saturated rings. The smallest absolute Gasteiger partial charge is 0.277 e. The Morgan fingerprint density at radius 3 is 2.14 bits per heavy atom. The van der Waals surface area contributed by atoms with Crippen molar-refractivity contribution in [2.75, 3.05) is 6.01 Å². The molecule has 0 aromatic heterocycles. The van der Waals surface area contributed by atoms with Crippen molar-refractivity contribution in [1.29, 1.82) is 0 Å². The van der Waals surface area contributed by atoms with Crippen LogP contribution in [0.1, 0.15) is 0 Å². The van der Waals surface area contributed by atoms with Crippen LogP contribution in [0.3, 0.4) is 0 Å². The van der Waals surface area contributed by atoms with E-state index in [1.54, 1.807) is 0 Å². The van der Waals surface area contributed by atoms with Crippen molar-refractivity contribution in [3.63, 3.8) is 0 Å². The van der Waals surface area contributed by atoms with E-state index in [1.807, 2.05) is 0 Å². The van der Waals surface area contributed by atoms with Crippen molar-refractivity contribution in [2.45, 2.75) is 0 Å². The minimum Gasteiger partial charge on any atom is -0.277 e. The summed E-state index contributed by atoms with van der Waals surface area (Å²) in [7, 11) is -4.28. The Hall–Kier alpha value is 0.190. The van der Waals surface area contributed by atoms with Gasteiger partial charge in [0.15, 0.2) is 6.01 Å². The normalized spacial score (nSPS) is 11.7. The number of hydrogen-bond donors (Lipinski definition) is 1. The van der Waals surface area contributed by atoms with Crippen LogP contribution in [0, 0.1) is 0 Å². The summed E-state index contributed by atoms with van der Waals surface area (Å²) < 4.78 is 37.6. The summed E-state index contributed by atoms with van der Waals surface area (Å²) in [5.41, 5.74) is 0. The molecule has 0 aromatic carbocycles. The molecule has 0 aliphatic rings. The molecule has 7 heavy (non-hydrogen) atoms. The van der Waals surface area contributed by atoms with E-state index in [-0.39, 0.29) is 10.8 Å². The van der Waals surface area contributed by atoms with Crippen molar-refractivity contribution in [3.8, 4) is 0 Å². The molecule has 0 rings (SSSR count). The molecule has 0 saturated carbocycles. The molecule has 1 N–H and O–H groups in total. The van der Waals surface area contributed by atoms with E-state index < -0.39 is 15.2 Å². The second kappa shape index (κ2) is 2.49. The molecule has 0 heterocycles. The van der Waals surface area contributed by atoms with Gasteiger partial charge in [-0.15, -0.1) is 0 Å². The molecule has 0 aliphatic heterocycles. The van der Waals surface area contributed by atoms with Crippen LogP contribution in [0.4, 0.5) is 4.39 Å². The molecule has 0 unspecified atom stereocenters. The molecule has 0 amide bonds. The van der Waals surface area contributed by atoms with Crippen molar-refractivity contribution >= 4 is 19.9 Å². The highest BCUT2D eigenvalue weighted by Gasteiger charge is 2.01. The van der Waals surface area contributed by atoms with Crippen molar-refractivity contribution in [3.05, 3.63) is 0 Å². The topological polar surface area (TPSA) is 54.4 Å². The molecular weight excluding hydrogens is 143 g/mol. The van der Waals surface area contributed by atoms with Gasteiger partial charge in [0.25, 0.3) is 0 Å². The first-order chi connectivity index (χ1) is 3.06. The highest BCUT2D eigenvalue weighted by atomic mass is 33.1. The maximum absolute atomic E-state index is 10.9. The van der Waals surface area contributed by atoms with Crippen LogP contribution >= 0.6 is 10.8 Å². The molecule has 0 saturated heterocycles. The second-order valence-electron chi connectivity index (χ2n) is 0.655. The van der Waals surface area contributed by atoms with Gasteiger partial charge in [0.05, 0.1) is 0 Å². The van der Waals surface area contributed by atoms with E-state index in [0.717, 1.165) is 0 Å². The van der Waals surface area contributed by atoms with Gasteiger partial charge in [-0.1, -0.05) is 0 Å². The largest absolute Gasteiger partial charge is 0.322 e. The highest BCUT2D eigenvalue weighted by molar-refractivity contribution is 8.69. The van der Waals surface area contributed by atoms with E-state index in [1.165, 1.54) is 0 Å². The Morgan fingerprint density at radius 1 is 1.71 bits per heavy atom. The number of alkyl halides is 1. The van der Waals surface area contributed by atoms with E-state index >= 15 is 0 Å². The zero-order chi connectivity index (χ0) is 5.91. The summed E-state index contributed by atoms with van der Waals surface area (Å²) in [5.74, 6) is 0. The monoisotopic (exact) mass is 146 g/mol. The maximum Gasteiger partial charge on any atom is 0.322 e. The second-order valence-corrected chi connectivity index (χ2v) is 3.93. The molecule has 3 nitrogen and oxygen atoms in total. The van der Waals surface area contributed by atoms with Gasteiger partial charge in [-0.2, -0.15) is 8.42 Å². The molecule has 6 heteroatoms. The van der Waals surface area contributed by atoms with E-state index in [4.69, 9.17) is 4.55 Å². The third-order valence-corrected chi connectivity index (χ3v) is 1.74. The minimum absolute atomic E-state index is 0.150. The molecule has 0 atom stereocenters. The van der Waals surface area contributed by atoms with Crippen LogP contribution in [-0.2, 0) is 9.15 Å². The summed E-state index contributed by atoms with van der Waals surface area (Å²) in [5, 5.41) is 0. The third kappa shape index (κ3) is 6.19. The summed E-state index contributed by atoms with van der Waals surface area (Å²) in [6.07, 6.45) is 0. The van der Waals surface area contributed by atoms with E-state index in [9.17, 15) is 12.8 Å². The SMILES string of the molecule is O=S(=O)(O)SCF. The Kier molecular flexibility index (Phi) is 2.55. The summed E-state index contributed by atoms with van der Waals surface area (Å²) in [4.78, 5) is 0. The van der Waals surface area contributed by atoms with Gasteiger partial charge in [-0.25, -0.2) is 4.39 Å². The first kappa shape index (κ1) is 7.19. The van der Waals surface area contributed by atoms with Crippen molar-refractivity contribution in [2.24, 2.45) is 0 Å². The quantitative estimate of drug-likeness (QED) is 0.454. The lowest BCUT2D eigenvalue weighted by Gasteiger charge is -1.83. The van der Waals surface area contributed by atoms with Gasteiger partial charge in [0, 0.05) is 10.8 Å². The summed E-state index contributed by atoms with van der Waals surface area (Å²) in [6.45, 7) is 0. The minimum atomic E-state index is -4.13. The van der Waals surface area contributed by atoms with Crippen LogP contribution in [-0.4, -0.2) is 19.0 Å². The Balaban J connectivity index is 3.60. The lowest BCUT2D eigenvalue weighted by Crippen LogP contribution is -1.87. The van der Waals surface area contributed by atoms with Gasteiger partial charge in [0.2, 0.25) is 0 Å². The predicted molar refractivity (Wildman–Crippen MR) is 25.1 cm³/mol. The van der Waals surface area contributed by atoms with E-state index in [2.05, 4.69) is 0 Å². The van der Waals surface area contributed by atoms with Gasteiger partial charge in [-0.3, -0.25) is 4.55 Å². The molecule has 0 aliphatic carbocycles. The van der Waals surface area contributed by atoms with Gasteiger partial charge in [-0.05, 0) is 0 Å². The number of halogens is 1. The fourth-order valence-electron chi connectivity index (χ4n) is 0.0563. The highest BCUT2D eigenvalue weighted by Crippen LogP contribution is 2.07. The van der Waals surface area contributed by atoms with Crippen LogP contribution in [0.15, 0.2) is 0 Å². The Morgan fingerprint density at radius 2 is 2.14 bits per heavy atom. The molecule has 0 radical (unpaired) electrons. The standard InChI is InChI=1S/CH3FO3S2/c2-1-6-7(3,4)5/h1H2,(H,3,4,5). The Bertz CT molecular complexity index is 126. The lowest BCUT2D eigenvalue weighted by atomic mass is 11.8. The van der Waals surface area contributed by atoms with Crippen LogP contribution < -0.4 is 0 Å². The average Bonchev–Trinajstić information content (AvgIpc) is 1.30. The zero-order valence-corrected chi connectivity index (χ0v) is 4.80. The van der Waals surface area contributed by atoms with Crippen LogP contribution in [0.2, 0.25) is 0 Å². The number of rotatable bonds is 2. The summed E-state index contributed by atoms with van der Waals surface area (Å²) in [6, 6.07) is -1.11. The molecule has 0 bridgehead atoms. The van der Waals surface area contributed by atoms with Gasteiger partial charge < -0.3 is 0 Å². The van der Waals surface area contributed by atoms with Crippen molar-refractivity contribution < 1.29 is 17.4 Å². The maximum atomic E-state index is 10.9. The molecule has 44 valence electrons. The first-order valence-electron chi connectivity index (χ1n) is 1.24. The molecular formula is CH3FO3S2. The third-order valence-electron chi connectivity index (χ3n) is 0.193.